The number of nitrogens with two attached hydrogens (primary N) is 1. The fourth-order valence-electron chi connectivity index (χ4n) is 10.4. The van der Waals surface area contributed by atoms with Crippen LogP contribution in [0.3, 0.4) is 0 Å². The van der Waals surface area contributed by atoms with Gasteiger partial charge in [0.25, 0.3) is 0 Å². The molecule has 0 radical (unpaired) electrons. The molecule has 1 aromatic heterocycles. The molecule has 3 aliphatic heterocycles. The first-order valence-electron chi connectivity index (χ1n) is 21.8. The summed E-state index contributed by atoms with van der Waals surface area (Å²) >= 11 is 0. The highest BCUT2D eigenvalue weighted by atomic mass is 16.2. The maximum Gasteiger partial charge on any atom is 0.246 e. The molecular weight excluding hydrogens is 725 g/mol. The summed E-state index contributed by atoms with van der Waals surface area (Å²) in [6.45, 7) is 2.56. The highest BCUT2D eigenvalue weighted by Gasteiger charge is 2.52. The van der Waals surface area contributed by atoms with Crippen molar-refractivity contribution >= 4 is 46.3 Å². The predicted molar refractivity (Wildman–Crippen MR) is 215 cm³/mol. The number of nitrogens with one attached hydrogen (secondary N) is 5. The number of unbranched alkanes of at least 4 members (excludes halogenated alkanes) is 3. The van der Waals surface area contributed by atoms with E-state index in [0.29, 0.717) is 64.3 Å². The maximum absolute atomic E-state index is 14.8. The Balaban J connectivity index is 1.27. The molecule has 1 spiro atoms. The molecule has 7 N–H and O–H groups in total. The van der Waals surface area contributed by atoms with Crippen molar-refractivity contribution in [2.75, 3.05) is 13.1 Å². The largest absolute Gasteiger partial charge is 0.361 e. The van der Waals surface area contributed by atoms with E-state index in [-0.39, 0.29) is 43.2 Å². The number of hydrogen-bond donors (Lipinski definition) is 6. The molecule has 57 heavy (non-hydrogen) atoms. The van der Waals surface area contributed by atoms with Crippen molar-refractivity contribution in [1.29, 1.82) is 0 Å². The minimum Gasteiger partial charge on any atom is -0.361 e. The molecule has 310 valence electrons. The number of rotatable bonds is 9. The van der Waals surface area contributed by atoms with Crippen molar-refractivity contribution < 1.29 is 28.8 Å². The molecule has 14 heteroatoms. The topological polar surface area (TPSA) is 199 Å². The zero-order chi connectivity index (χ0) is 40.1. The van der Waals surface area contributed by atoms with Gasteiger partial charge in [-0.25, -0.2) is 0 Å². The summed E-state index contributed by atoms with van der Waals surface area (Å²) in [6.07, 6.45) is 13.4. The number of benzene rings is 1. The number of nitrogens with zero attached hydrogens (tertiary/aromatic N) is 2. The quantitative estimate of drug-likeness (QED) is 0.210. The third kappa shape index (κ3) is 8.56. The Hall–Kier alpha value is -4.46. The summed E-state index contributed by atoms with van der Waals surface area (Å²) in [6, 6.07) is 2.95. The van der Waals surface area contributed by atoms with Crippen molar-refractivity contribution in [1.82, 2.24) is 36.1 Å². The molecule has 7 atom stereocenters. The maximum atomic E-state index is 14.8. The molecule has 0 unspecified atom stereocenters. The second-order valence-electron chi connectivity index (χ2n) is 17.2. The van der Waals surface area contributed by atoms with Crippen molar-refractivity contribution in [3.05, 3.63) is 36.0 Å². The van der Waals surface area contributed by atoms with E-state index in [2.05, 4.69) is 33.2 Å². The lowest BCUT2D eigenvalue weighted by Gasteiger charge is -2.38. The van der Waals surface area contributed by atoms with Crippen LogP contribution >= 0.6 is 0 Å². The fraction of sp³-hybridized carbons (Fsp3) is 0.674. The van der Waals surface area contributed by atoms with Gasteiger partial charge in [-0.05, 0) is 81.9 Å². The molecule has 14 nitrogen and oxygen atoms in total. The van der Waals surface area contributed by atoms with Crippen molar-refractivity contribution in [3.8, 4) is 0 Å². The normalized spacial score (nSPS) is 30.0. The third-order valence-electron chi connectivity index (χ3n) is 13.5. The van der Waals surface area contributed by atoms with Crippen LogP contribution in [0.1, 0.15) is 122 Å². The molecule has 1 aromatic carbocycles. The Kier molecular flexibility index (Phi) is 12.9. The number of amides is 6. The van der Waals surface area contributed by atoms with E-state index < -0.39 is 59.4 Å². The van der Waals surface area contributed by atoms with E-state index in [4.69, 9.17) is 5.73 Å². The first-order valence-corrected chi connectivity index (χ1v) is 21.8. The second-order valence-corrected chi connectivity index (χ2v) is 17.2. The molecule has 5 aliphatic rings. The lowest BCUT2D eigenvalue weighted by molar-refractivity contribution is -0.150. The standard InChI is InChI=1S/C43H62N8O6/c1-2-3-4-5-16-31-38(53)49-43(20-10-11-21-43)42(57)48-33(24-28-26-45-30-15-8-7-14-29(28)30)37(52)47-32(19-22-44)40(55)50-23-12-18-35(50)41(56)51-34-17-9-6-13-27(34)25-36(51)39(54)46-31/h7-8,14-15,26-27,31-36,45H,2-6,9-13,16-25,44H2,1H3,(H,46,54)(H,47,52)(H,48,57)(H,49,53)/t27-,31+,32+,33+,34-,35-,36-/m1/s1. The lowest BCUT2D eigenvalue weighted by Crippen LogP contribution is -2.65. The summed E-state index contributed by atoms with van der Waals surface area (Å²) < 4.78 is 0. The number of H-pyrrole nitrogens is 1. The van der Waals surface area contributed by atoms with E-state index in [9.17, 15) is 28.8 Å². The van der Waals surface area contributed by atoms with E-state index in [0.717, 1.165) is 61.4 Å². The van der Waals surface area contributed by atoms with Crippen LogP contribution < -0.4 is 27.0 Å². The van der Waals surface area contributed by atoms with Gasteiger partial charge in [-0.1, -0.05) is 76.5 Å². The Bertz CT molecular complexity index is 1810. The predicted octanol–water partition coefficient (Wildman–Crippen LogP) is 3.08. The first-order chi connectivity index (χ1) is 27.6. The third-order valence-corrected chi connectivity index (χ3v) is 13.5. The number of carbonyl (C=O) groups is 6. The van der Waals surface area contributed by atoms with Crippen LogP contribution in [0.5, 0.6) is 0 Å². The highest BCUT2D eigenvalue weighted by Crippen LogP contribution is 2.41. The molecular formula is C43H62N8O6. The van der Waals surface area contributed by atoms with Gasteiger partial charge in [0.05, 0.1) is 0 Å². The minimum atomic E-state index is -1.30. The Labute approximate surface area is 335 Å². The summed E-state index contributed by atoms with van der Waals surface area (Å²) in [5.41, 5.74) is 6.43. The van der Waals surface area contributed by atoms with Gasteiger partial charge in [-0.2, -0.15) is 0 Å². The van der Waals surface area contributed by atoms with E-state index in [1.807, 2.05) is 30.5 Å². The molecule has 2 aromatic rings. The number of aromatic nitrogens is 1. The van der Waals surface area contributed by atoms with Crippen LogP contribution in [0.25, 0.3) is 10.9 Å². The average Bonchev–Trinajstić information content (AvgIpc) is 4.04. The van der Waals surface area contributed by atoms with Crippen LogP contribution in [0.4, 0.5) is 0 Å². The molecule has 0 bridgehead atoms. The molecule has 3 saturated heterocycles. The molecule has 2 saturated carbocycles. The summed E-state index contributed by atoms with van der Waals surface area (Å²) in [4.78, 5) is 93.9. The summed E-state index contributed by atoms with van der Waals surface area (Å²) in [5, 5.41) is 13.1. The Morgan fingerprint density at radius 2 is 1.53 bits per heavy atom. The smallest absolute Gasteiger partial charge is 0.246 e. The van der Waals surface area contributed by atoms with Crippen LogP contribution in [-0.2, 0) is 35.2 Å². The average molecular weight is 787 g/mol. The Morgan fingerprint density at radius 1 is 0.754 bits per heavy atom. The number of fused-ring (bicyclic) bond motifs is 5. The van der Waals surface area contributed by atoms with Gasteiger partial charge in [-0.3, -0.25) is 28.8 Å². The van der Waals surface area contributed by atoms with Gasteiger partial charge >= 0.3 is 0 Å². The summed E-state index contributed by atoms with van der Waals surface area (Å²) in [5.74, 6) is -2.29. The molecule has 2 aliphatic carbocycles. The van der Waals surface area contributed by atoms with Gasteiger partial charge in [0, 0.05) is 36.1 Å². The minimum absolute atomic E-state index is 0.107. The molecule has 5 fully saturated rings. The van der Waals surface area contributed by atoms with E-state index in [1.165, 1.54) is 0 Å². The highest BCUT2D eigenvalue weighted by molar-refractivity contribution is 6.00. The summed E-state index contributed by atoms with van der Waals surface area (Å²) in [7, 11) is 0. The van der Waals surface area contributed by atoms with Crippen LogP contribution in [0.15, 0.2) is 30.5 Å². The van der Waals surface area contributed by atoms with E-state index in [1.54, 1.807) is 9.80 Å². The molecule has 6 amide bonds. The van der Waals surface area contributed by atoms with Crippen LogP contribution in [-0.4, -0.2) is 105 Å². The van der Waals surface area contributed by atoms with Gasteiger partial charge in [-0.15, -0.1) is 0 Å². The number of para-hydroxylation sites is 1. The fourth-order valence-corrected chi connectivity index (χ4v) is 10.4. The van der Waals surface area contributed by atoms with Gasteiger partial charge in [0.15, 0.2) is 0 Å². The van der Waals surface area contributed by atoms with Crippen molar-refractivity contribution in [2.24, 2.45) is 11.7 Å². The molecule has 4 heterocycles. The van der Waals surface area contributed by atoms with Gasteiger partial charge in [0.2, 0.25) is 35.4 Å². The number of aromatic amines is 1. The van der Waals surface area contributed by atoms with Gasteiger partial charge < -0.3 is 41.8 Å². The first kappa shape index (κ1) is 40.7. The number of carbonyl (C=O) groups excluding carboxylic acids is 6. The zero-order valence-corrected chi connectivity index (χ0v) is 33.5. The van der Waals surface area contributed by atoms with Crippen molar-refractivity contribution in [3.63, 3.8) is 0 Å². The van der Waals surface area contributed by atoms with Crippen LogP contribution in [0, 0.1) is 5.92 Å². The monoisotopic (exact) mass is 786 g/mol. The Morgan fingerprint density at radius 3 is 2.32 bits per heavy atom. The van der Waals surface area contributed by atoms with Crippen molar-refractivity contribution in [2.45, 2.75) is 164 Å². The molecule has 7 rings (SSSR count). The number of hydrogen-bond acceptors (Lipinski definition) is 7. The van der Waals surface area contributed by atoms with Gasteiger partial charge in [0.1, 0.15) is 35.7 Å². The van der Waals surface area contributed by atoms with E-state index >= 15 is 0 Å². The second kappa shape index (κ2) is 18.0. The lowest BCUT2D eigenvalue weighted by atomic mass is 9.84. The zero-order valence-electron chi connectivity index (χ0n) is 33.5. The SMILES string of the molecule is CCCCCC[C@@H]1NC(=O)[C@H]2C[C@H]3CCCC[C@H]3N2C(=O)[C@H]2CCCN2C(=O)[C@H](CCN)NC(=O)[C@H](Cc2c[nH]c3ccccc23)NC(=O)C2(CCCC2)NC1=O. The van der Waals surface area contributed by atoms with Crippen LogP contribution in [0.2, 0.25) is 0 Å².